The summed E-state index contributed by atoms with van der Waals surface area (Å²) in [7, 11) is -6.74. The summed E-state index contributed by atoms with van der Waals surface area (Å²) in [5, 5.41) is 0. The van der Waals surface area contributed by atoms with Gasteiger partial charge in [0, 0.05) is 12.9 Å². The van der Waals surface area contributed by atoms with Crippen LogP contribution in [-0.4, -0.2) is 35.3 Å². The maximum atomic E-state index is 11.0. The van der Waals surface area contributed by atoms with E-state index in [1.54, 1.807) is 13.8 Å². The Morgan fingerprint density at radius 1 is 1.27 bits per heavy atom. The van der Waals surface area contributed by atoms with Gasteiger partial charge in [-0.25, -0.2) is 8.42 Å². The van der Waals surface area contributed by atoms with Crippen molar-refractivity contribution in [3.63, 3.8) is 0 Å². The molecule has 0 spiro atoms. The van der Waals surface area contributed by atoms with Crippen LogP contribution in [0.1, 0.15) is 26.7 Å². The zero-order chi connectivity index (χ0) is 12.9. The molecule has 0 radical (unpaired) electrons. The van der Waals surface area contributed by atoms with E-state index in [2.05, 4.69) is 0 Å². The average molecular weight is 281 g/mol. The van der Waals surface area contributed by atoms with Crippen molar-refractivity contribution in [3.05, 3.63) is 0 Å². The van der Waals surface area contributed by atoms with Crippen molar-refractivity contribution >= 4 is 29.0 Å². The maximum absolute atomic E-state index is 11.0. The van der Waals surface area contributed by atoms with E-state index in [4.69, 9.17) is 21.4 Å². The molecular weight excluding hydrogens is 263 g/mol. The molecule has 0 heterocycles. The van der Waals surface area contributed by atoms with Crippen LogP contribution < -0.4 is 0 Å². The Morgan fingerprint density at radius 3 is 1.47 bits per heavy atom. The number of sulfone groups is 1. The van der Waals surface area contributed by atoms with E-state index in [9.17, 15) is 13.0 Å². The molecule has 0 aliphatic heterocycles. The van der Waals surface area contributed by atoms with Crippen LogP contribution in [0.4, 0.5) is 0 Å². The van der Waals surface area contributed by atoms with Gasteiger partial charge in [0.2, 0.25) is 0 Å². The van der Waals surface area contributed by atoms with Gasteiger partial charge in [0.25, 0.3) is 0 Å². The molecule has 0 fully saturated rings. The molecule has 0 rings (SSSR count). The smallest absolute Gasteiger partial charge is 0.322 e. The molecule has 0 aromatic heterocycles. The third kappa shape index (κ3) is 9.33. The molecule has 2 N–H and O–H groups in total. The number of rotatable bonds is 3. The molecular formula is C7H18ClO5PS. The molecule has 0 aliphatic carbocycles. The predicted molar refractivity (Wildman–Crippen MR) is 62.0 cm³/mol. The molecule has 15 heavy (non-hydrogen) atoms. The Bertz CT molecular complexity index is 308. The molecule has 94 valence electrons. The predicted octanol–water partition coefficient (Wildman–Crippen LogP) is 1.58. The molecule has 5 nitrogen and oxygen atoms in total. The van der Waals surface area contributed by atoms with Gasteiger partial charge in [-0.2, -0.15) is 0 Å². The van der Waals surface area contributed by atoms with E-state index in [0.717, 1.165) is 6.66 Å². The second-order valence-electron chi connectivity index (χ2n) is 3.20. The highest BCUT2D eigenvalue weighted by atomic mass is 35.5. The minimum Gasteiger partial charge on any atom is -0.325 e. The summed E-state index contributed by atoms with van der Waals surface area (Å²) in [5.41, 5.74) is 0. The minimum absolute atomic E-state index is 0.462. The molecule has 0 aliphatic rings. The summed E-state index contributed by atoms with van der Waals surface area (Å²) >= 11 is 5.80. The van der Waals surface area contributed by atoms with Crippen LogP contribution in [0.5, 0.6) is 0 Å². The van der Waals surface area contributed by atoms with Crippen LogP contribution in [0.25, 0.3) is 0 Å². The second kappa shape index (κ2) is 6.21. The Morgan fingerprint density at radius 2 is 1.47 bits per heavy atom. The summed E-state index contributed by atoms with van der Waals surface area (Å²) in [5.74, 6) is 0. The molecule has 8 heteroatoms. The topological polar surface area (TPSA) is 91.7 Å². The zero-order valence-corrected chi connectivity index (χ0v) is 11.7. The highest BCUT2D eigenvalue weighted by Crippen LogP contribution is 2.29. The first-order valence-corrected chi connectivity index (χ1v) is 8.61. The molecule has 0 aromatic rings. The van der Waals surface area contributed by atoms with E-state index >= 15 is 0 Å². The van der Waals surface area contributed by atoms with Crippen molar-refractivity contribution in [1.82, 2.24) is 0 Å². The fourth-order valence-electron chi connectivity index (χ4n) is 0.774. The lowest BCUT2D eigenvalue weighted by atomic mass is 10.2. The number of hydrogen-bond donors (Lipinski definition) is 2. The van der Waals surface area contributed by atoms with E-state index in [-0.39, 0.29) is 0 Å². The molecule has 0 saturated heterocycles. The number of alkyl halides is 1. The molecule has 0 unspecified atom stereocenters. The van der Waals surface area contributed by atoms with Gasteiger partial charge in [-0.1, -0.05) is 13.8 Å². The van der Waals surface area contributed by atoms with Gasteiger partial charge >= 0.3 is 7.60 Å². The second-order valence-corrected chi connectivity index (χ2v) is 8.14. The molecule has 0 saturated carbocycles. The van der Waals surface area contributed by atoms with Crippen molar-refractivity contribution in [2.45, 2.75) is 30.9 Å². The minimum atomic E-state index is -3.64. The summed E-state index contributed by atoms with van der Waals surface area (Å²) in [6.07, 6.45) is 2.10. The van der Waals surface area contributed by atoms with Crippen molar-refractivity contribution in [2.24, 2.45) is 0 Å². The Balaban J connectivity index is 0. The summed E-state index contributed by atoms with van der Waals surface area (Å²) in [6.45, 7) is 4.40. The molecule has 0 bridgehead atoms. The molecule has 0 aromatic carbocycles. The lowest BCUT2D eigenvalue weighted by molar-refractivity contribution is 0.381. The van der Waals surface area contributed by atoms with E-state index in [1.807, 2.05) is 0 Å². The van der Waals surface area contributed by atoms with E-state index in [1.165, 1.54) is 6.26 Å². The van der Waals surface area contributed by atoms with Crippen LogP contribution >= 0.6 is 19.2 Å². The molecule has 0 amide bonds. The fourth-order valence-corrected chi connectivity index (χ4v) is 1.82. The van der Waals surface area contributed by atoms with Gasteiger partial charge < -0.3 is 9.79 Å². The lowest BCUT2D eigenvalue weighted by Crippen LogP contribution is -2.29. The summed E-state index contributed by atoms with van der Waals surface area (Å²) in [4.78, 5) is 15.3. The summed E-state index contributed by atoms with van der Waals surface area (Å²) < 4.78 is 30.3. The Kier molecular flexibility index (Phi) is 7.35. The van der Waals surface area contributed by atoms with Crippen molar-refractivity contribution in [3.8, 4) is 0 Å². The zero-order valence-electron chi connectivity index (χ0n) is 9.27. The Labute approximate surface area is 95.9 Å². The standard InChI is InChI=1S/C6H13ClO2S.CH5O3P/c1-4-6(7,5-2)10(3,8)9;1-5(2,3)4/h4-5H2,1-3H3;1H3,(H2,2,3,4). The maximum Gasteiger partial charge on any atom is 0.322 e. The quantitative estimate of drug-likeness (QED) is 0.605. The van der Waals surface area contributed by atoms with Crippen molar-refractivity contribution < 1.29 is 22.8 Å². The first-order chi connectivity index (χ1) is 6.37. The van der Waals surface area contributed by atoms with Gasteiger partial charge in [0.15, 0.2) is 9.84 Å². The largest absolute Gasteiger partial charge is 0.325 e. The normalized spacial score (nSPS) is 13.0. The summed E-state index contributed by atoms with van der Waals surface area (Å²) in [6, 6.07) is 0. The monoisotopic (exact) mass is 280 g/mol. The lowest BCUT2D eigenvalue weighted by Gasteiger charge is -2.20. The van der Waals surface area contributed by atoms with Crippen molar-refractivity contribution in [2.75, 3.05) is 12.9 Å². The van der Waals surface area contributed by atoms with Crippen molar-refractivity contribution in [1.29, 1.82) is 0 Å². The Hall–Kier alpha value is 0.390. The van der Waals surface area contributed by atoms with Gasteiger partial charge in [-0.05, 0) is 12.8 Å². The third-order valence-electron chi connectivity index (χ3n) is 1.72. The fraction of sp³-hybridized carbons (Fsp3) is 1.00. The third-order valence-corrected chi connectivity index (χ3v) is 5.00. The van der Waals surface area contributed by atoms with Gasteiger partial charge in [0.05, 0.1) is 0 Å². The first-order valence-electron chi connectivity index (χ1n) is 4.29. The average Bonchev–Trinajstić information content (AvgIpc) is 1.97. The number of halogens is 1. The first kappa shape index (κ1) is 17.8. The highest BCUT2D eigenvalue weighted by molar-refractivity contribution is 7.93. The van der Waals surface area contributed by atoms with Crippen LogP contribution in [-0.2, 0) is 14.4 Å². The van der Waals surface area contributed by atoms with Crippen LogP contribution in [0.3, 0.4) is 0 Å². The van der Waals surface area contributed by atoms with Crippen LogP contribution in [0.15, 0.2) is 0 Å². The van der Waals surface area contributed by atoms with E-state index in [0.29, 0.717) is 12.8 Å². The highest BCUT2D eigenvalue weighted by Gasteiger charge is 2.34. The SMILES string of the molecule is CCC(Cl)(CC)S(C)(=O)=O.CP(=O)(O)O. The van der Waals surface area contributed by atoms with E-state index < -0.39 is 21.6 Å². The van der Waals surface area contributed by atoms with Gasteiger partial charge in [-0.3, -0.25) is 4.57 Å². The van der Waals surface area contributed by atoms with Gasteiger partial charge in [0.1, 0.15) is 4.21 Å². The van der Waals surface area contributed by atoms with Crippen LogP contribution in [0, 0.1) is 0 Å². The number of hydrogen-bond acceptors (Lipinski definition) is 3. The van der Waals surface area contributed by atoms with Gasteiger partial charge in [-0.15, -0.1) is 11.6 Å². The van der Waals surface area contributed by atoms with Crippen LogP contribution in [0.2, 0.25) is 0 Å². The molecule has 0 atom stereocenters.